The van der Waals surface area contributed by atoms with Crippen molar-refractivity contribution >= 4 is 17.7 Å². The van der Waals surface area contributed by atoms with Gasteiger partial charge in [0.1, 0.15) is 12.1 Å². The minimum atomic E-state index is -0.683. The van der Waals surface area contributed by atoms with E-state index in [4.69, 9.17) is 11.5 Å². The van der Waals surface area contributed by atoms with Gasteiger partial charge in [0.05, 0.1) is 0 Å². The van der Waals surface area contributed by atoms with Crippen LogP contribution in [0.5, 0.6) is 0 Å². The number of hydrogen-bond acceptors (Lipinski definition) is 4. The lowest BCUT2D eigenvalue weighted by molar-refractivity contribution is -0.141. The first-order chi connectivity index (χ1) is 10.3. The Bertz CT molecular complexity index is 427. The van der Waals surface area contributed by atoms with E-state index in [1.165, 1.54) is 11.8 Å². The molecule has 4 unspecified atom stereocenters. The number of amides is 3. The molecule has 0 saturated carbocycles. The van der Waals surface area contributed by atoms with E-state index in [0.717, 1.165) is 19.3 Å². The monoisotopic (exact) mass is 312 g/mol. The van der Waals surface area contributed by atoms with Gasteiger partial charge in [-0.3, -0.25) is 14.4 Å². The van der Waals surface area contributed by atoms with Gasteiger partial charge in [0.25, 0.3) is 0 Å². The zero-order valence-corrected chi connectivity index (χ0v) is 13.7. The third-order valence-electron chi connectivity index (χ3n) is 4.23. The summed E-state index contributed by atoms with van der Waals surface area (Å²) in [5.74, 6) is -1.03. The van der Waals surface area contributed by atoms with Crippen molar-refractivity contribution in [3.05, 3.63) is 0 Å². The molecule has 1 aliphatic heterocycles. The van der Waals surface area contributed by atoms with Crippen LogP contribution in [-0.2, 0) is 14.4 Å². The second-order valence-corrected chi connectivity index (χ2v) is 6.04. The maximum absolute atomic E-state index is 12.9. The van der Waals surface area contributed by atoms with Crippen molar-refractivity contribution in [3.8, 4) is 0 Å². The Morgan fingerprint density at radius 1 is 1.32 bits per heavy atom. The Kier molecular flexibility index (Phi) is 6.80. The van der Waals surface area contributed by atoms with Crippen LogP contribution in [0.3, 0.4) is 0 Å². The molecule has 0 aromatic carbocycles. The van der Waals surface area contributed by atoms with Crippen LogP contribution in [0.2, 0.25) is 0 Å². The average Bonchev–Trinajstić information content (AvgIpc) is 2.84. The summed E-state index contributed by atoms with van der Waals surface area (Å²) in [6, 6.07) is -1.57. The predicted octanol–water partition coefficient (Wildman–Crippen LogP) is -0.269. The fourth-order valence-electron chi connectivity index (χ4n) is 3.14. The highest BCUT2D eigenvalue weighted by Gasteiger charge is 2.41. The molecule has 5 N–H and O–H groups in total. The van der Waals surface area contributed by atoms with Crippen LogP contribution in [0, 0.1) is 5.92 Å². The fraction of sp³-hybridized carbons (Fsp3) is 0.800. The maximum Gasteiger partial charge on any atom is 0.246 e. The molecule has 0 aromatic rings. The number of nitrogens with two attached hydrogens (primary N) is 2. The van der Waals surface area contributed by atoms with Crippen molar-refractivity contribution in [2.45, 2.75) is 64.6 Å². The van der Waals surface area contributed by atoms with Gasteiger partial charge in [0.15, 0.2) is 0 Å². The zero-order chi connectivity index (χ0) is 16.9. The molecular weight excluding hydrogens is 284 g/mol. The molecule has 1 heterocycles. The molecule has 0 spiro atoms. The average molecular weight is 312 g/mol. The van der Waals surface area contributed by atoms with Crippen molar-refractivity contribution in [1.29, 1.82) is 0 Å². The lowest BCUT2D eigenvalue weighted by atomic mass is 9.91. The van der Waals surface area contributed by atoms with Crippen LogP contribution in [0.1, 0.15) is 46.5 Å². The highest BCUT2D eigenvalue weighted by Crippen LogP contribution is 2.23. The van der Waals surface area contributed by atoms with Crippen molar-refractivity contribution in [3.63, 3.8) is 0 Å². The minimum Gasteiger partial charge on any atom is -0.368 e. The van der Waals surface area contributed by atoms with Gasteiger partial charge in [0, 0.05) is 19.5 Å². The molecule has 0 aromatic heterocycles. The van der Waals surface area contributed by atoms with Crippen LogP contribution in [0.25, 0.3) is 0 Å². The van der Waals surface area contributed by atoms with Gasteiger partial charge in [-0.15, -0.1) is 0 Å². The number of hydrogen-bond donors (Lipinski definition) is 3. The highest BCUT2D eigenvalue weighted by molar-refractivity contribution is 5.92. The molecule has 1 aliphatic rings. The molecular formula is C15H28N4O3. The van der Waals surface area contributed by atoms with Gasteiger partial charge in [-0.05, 0) is 18.8 Å². The second kappa shape index (κ2) is 8.12. The van der Waals surface area contributed by atoms with E-state index in [0.29, 0.717) is 13.0 Å². The number of carbonyl (C=O) groups is 3. The Morgan fingerprint density at radius 2 is 1.95 bits per heavy atom. The lowest BCUT2D eigenvalue weighted by Gasteiger charge is -2.31. The van der Waals surface area contributed by atoms with Crippen LogP contribution in [0.15, 0.2) is 0 Å². The van der Waals surface area contributed by atoms with Crippen LogP contribution < -0.4 is 16.8 Å². The lowest BCUT2D eigenvalue weighted by Crippen LogP contribution is -2.55. The number of primary amides is 1. The normalized spacial score (nSPS) is 23.9. The van der Waals surface area contributed by atoms with Crippen molar-refractivity contribution in [2.75, 3.05) is 6.54 Å². The van der Waals surface area contributed by atoms with E-state index >= 15 is 0 Å². The molecule has 4 atom stereocenters. The summed E-state index contributed by atoms with van der Waals surface area (Å²) in [6.07, 6.45) is 2.89. The number of nitrogens with one attached hydrogen (secondary N) is 1. The van der Waals surface area contributed by atoms with Gasteiger partial charge in [-0.1, -0.05) is 26.7 Å². The van der Waals surface area contributed by atoms with Gasteiger partial charge in [-0.2, -0.15) is 0 Å². The van der Waals surface area contributed by atoms with Crippen molar-refractivity contribution < 1.29 is 14.4 Å². The predicted molar refractivity (Wildman–Crippen MR) is 83.6 cm³/mol. The topological polar surface area (TPSA) is 119 Å². The van der Waals surface area contributed by atoms with Crippen LogP contribution >= 0.6 is 0 Å². The fourth-order valence-corrected chi connectivity index (χ4v) is 3.14. The van der Waals surface area contributed by atoms with E-state index < -0.39 is 18.0 Å². The third-order valence-corrected chi connectivity index (χ3v) is 4.23. The Morgan fingerprint density at radius 3 is 2.41 bits per heavy atom. The van der Waals surface area contributed by atoms with Gasteiger partial charge in [-0.25, -0.2) is 0 Å². The molecule has 1 saturated heterocycles. The number of carbonyl (C=O) groups excluding carboxylic acids is 3. The Balaban J connectivity index is 2.99. The third kappa shape index (κ3) is 4.43. The molecule has 7 nitrogen and oxygen atoms in total. The van der Waals surface area contributed by atoms with Gasteiger partial charge >= 0.3 is 0 Å². The summed E-state index contributed by atoms with van der Waals surface area (Å²) >= 11 is 0. The molecule has 7 heteroatoms. The quantitative estimate of drug-likeness (QED) is 0.599. The SMILES string of the molecule is CCCC(CC)C(NC(C)=O)C(=O)N1CC(N)CC1C(N)=O. The van der Waals surface area contributed by atoms with E-state index in [1.807, 2.05) is 13.8 Å². The van der Waals surface area contributed by atoms with E-state index in [9.17, 15) is 14.4 Å². The molecule has 1 fully saturated rings. The molecule has 0 radical (unpaired) electrons. The Hall–Kier alpha value is -1.63. The Labute approximate surface area is 131 Å². The second-order valence-electron chi connectivity index (χ2n) is 6.04. The highest BCUT2D eigenvalue weighted by atomic mass is 16.2. The first kappa shape index (κ1) is 18.4. The van der Waals surface area contributed by atoms with E-state index in [2.05, 4.69) is 5.32 Å². The summed E-state index contributed by atoms with van der Waals surface area (Å²) in [4.78, 5) is 37.3. The molecule has 3 amide bonds. The van der Waals surface area contributed by atoms with Gasteiger partial charge < -0.3 is 21.7 Å². The molecule has 1 rings (SSSR count). The van der Waals surface area contributed by atoms with E-state index in [-0.39, 0.29) is 23.8 Å². The number of likely N-dealkylation sites (tertiary alicyclic amines) is 1. The van der Waals surface area contributed by atoms with Crippen molar-refractivity contribution in [2.24, 2.45) is 17.4 Å². The first-order valence-electron chi connectivity index (χ1n) is 7.94. The van der Waals surface area contributed by atoms with Gasteiger partial charge in [0.2, 0.25) is 17.7 Å². The number of rotatable bonds is 7. The minimum absolute atomic E-state index is 0.0340. The van der Waals surface area contributed by atoms with Crippen LogP contribution in [-0.4, -0.2) is 47.3 Å². The molecule has 22 heavy (non-hydrogen) atoms. The molecule has 126 valence electrons. The summed E-state index contributed by atoms with van der Waals surface area (Å²) in [5, 5.41) is 2.74. The number of nitrogens with zero attached hydrogens (tertiary/aromatic N) is 1. The van der Waals surface area contributed by atoms with Crippen LogP contribution in [0.4, 0.5) is 0 Å². The summed E-state index contributed by atoms with van der Waals surface area (Å²) < 4.78 is 0. The van der Waals surface area contributed by atoms with Crippen molar-refractivity contribution in [1.82, 2.24) is 10.2 Å². The summed E-state index contributed by atoms with van der Waals surface area (Å²) in [6.45, 7) is 5.71. The molecule has 0 aliphatic carbocycles. The summed E-state index contributed by atoms with van der Waals surface area (Å²) in [5.41, 5.74) is 11.3. The largest absolute Gasteiger partial charge is 0.368 e. The standard InChI is InChI=1S/C15H28N4O3/c1-4-6-10(5-2)13(18-9(3)20)15(22)19-8-11(16)7-12(19)14(17)21/h10-13H,4-8,16H2,1-3H3,(H2,17,21)(H,18,20). The molecule has 0 bridgehead atoms. The first-order valence-corrected chi connectivity index (χ1v) is 7.94. The maximum atomic E-state index is 12.9. The summed E-state index contributed by atoms with van der Waals surface area (Å²) in [7, 11) is 0. The zero-order valence-electron chi connectivity index (χ0n) is 13.7. The van der Waals surface area contributed by atoms with E-state index in [1.54, 1.807) is 0 Å². The smallest absolute Gasteiger partial charge is 0.246 e.